The maximum absolute atomic E-state index is 11.8. The molecule has 0 atom stereocenters. The molecule has 1 N–H and O–H groups in total. The molecule has 0 spiro atoms. The van der Waals surface area contributed by atoms with Crippen molar-refractivity contribution < 1.29 is 23.8 Å². The number of nitrogens with one attached hydrogen (secondary N) is 1. The molecule has 0 radical (unpaired) electrons. The van der Waals surface area contributed by atoms with Gasteiger partial charge in [-0.3, -0.25) is 4.79 Å². The van der Waals surface area contributed by atoms with Crippen molar-refractivity contribution >= 4 is 29.2 Å². The topological polar surface area (TPSA) is 86.8 Å². The summed E-state index contributed by atoms with van der Waals surface area (Å²) in [7, 11) is 0. The summed E-state index contributed by atoms with van der Waals surface area (Å²) in [5, 5.41) is 2.65. The number of benzene rings is 1. The number of esters is 1. The second-order valence-corrected chi connectivity index (χ2v) is 5.49. The fourth-order valence-corrected chi connectivity index (χ4v) is 2.06. The van der Waals surface area contributed by atoms with Gasteiger partial charge in [0.15, 0.2) is 29.9 Å². The molecule has 1 aromatic carbocycles. The van der Waals surface area contributed by atoms with E-state index in [0.29, 0.717) is 23.8 Å². The summed E-state index contributed by atoms with van der Waals surface area (Å²) in [6.07, 6.45) is 2.35. The number of carbonyl (C=O) groups is 2. The molecule has 1 aromatic heterocycles. The molecule has 8 heteroatoms. The van der Waals surface area contributed by atoms with E-state index >= 15 is 0 Å². The van der Waals surface area contributed by atoms with Crippen LogP contribution in [0.5, 0.6) is 11.5 Å². The summed E-state index contributed by atoms with van der Waals surface area (Å²) in [5.74, 6) is -0.224. The van der Waals surface area contributed by atoms with Crippen LogP contribution in [0.2, 0.25) is 5.15 Å². The second kappa shape index (κ2) is 10.2. The van der Waals surface area contributed by atoms with Gasteiger partial charge in [0, 0.05) is 6.20 Å². The molecule has 0 aliphatic carbocycles. The lowest BCUT2D eigenvalue weighted by atomic mass is 10.3. The monoisotopic (exact) mass is 378 g/mol. The predicted molar refractivity (Wildman–Crippen MR) is 96.6 cm³/mol. The van der Waals surface area contributed by atoms with Gasteiger partial charge in [0.1, 0.15) is 0 Å². The number of aromatic nitrogens is 1. The Labute approximate surface area is 156 Å². The van der Waals surface area contributed by atoms with E-state index in [-0.39, 0.29) is 11.8 Å². The molecule has 1 heterocycles. The SMILES string of the molecule is CCCOc1ccccc1OCC(=O)OCC(=O)Nc1cccnc1Cl. The summed E-state index contributed by atoms with van der Waals surface area (Å²) < 4.78 is 15.8. The van der Waals surface area contributed by atoms with Crippen LogP contribution in [0.25, 0.3) is 0 Å². The molecular weight excluding hydrogens is 360 g/mol. The minimum atomic E-state index is -0.678. The molecular formula is C18H19ClN2O5. The normalized spacial score (nSPS) is 10.1. The van der Waals surface area contributed by atoms with Gasteiger partial charge in [-0.05, 0) is 30.7 Å². The molecule has 0 bridgehead atoms. The molecule has 0 fully saturated rings. The van der Waals surface area contributed by atoms with Crippen LogP contribution in [0, 0.1) is 0 Å². The van der Waals surface area contributed by atoms with Crippen molar-refractivity contribution in [3.63, 3.8) is 0 Å². The first-order valence-electron chi connectivity index (χ1n) is 8.00. The first kappa shape index (κ1) is 19.5. The van der Waals surface area contributed by atoms with Crippen molar-refractivity contribution in [3.8, 4) is 11.5 Å². The molecule has 26 heavy (non-hydrogen) atoms. The highest BCUT2D eigenvalue weighted by atomic mass is 35.5. The van der Waals surface area contributed by atoms with E-state index in [1.165, 1.54) is 6.20 Å². The van der Waals surface area contributed by atoms with Crippen LogP contribution in [0.15, 0.2) is 42.6 Å². The quantitative estimate of drug-likeness (QED) is 0.533. The summed E-state index contributed by atoms with van der Waals surface area (Å²) >= 11 is 5.83. The molecule has 0 unspecified atom stereocenters. The first-order chi connectivity index (χ1) is 12.6. The fraction of sp³-hybridized carbons (Fsp3) is 0.278. The first-order valence-corrected chi connectivity index (χ1v) is 8.38. The van der Waals surface area contributed by atoms with E-state index in [0.717, 1.165) is 6.42 Å². The Morgan fingerprint density at radius 3 is 2.50 bits per heavy atom. The summed E-state index contributed by atoms with van der Waals surface area (Å²) in [6, 6.07) is 10.2. The third kappa shape index (κ3) is 6.25. The maximum Gasteiger partial charge on any atom is 0.344 e. The highest BCUT2D eigenvalue weighted by Gasteiger charge is 2.12. The van der Waals surface area contributed by atoms with Gasteiger partial charge in [0.25, 0.3) is 5.91 Å². The predicted octanol–water partition coefficient (Wildman–Crippen LogP) is 3.08. The Hall–Kier alpha value is -2.80. The van der Waals surface area contributed by atoms with E-state index in [1.54, 1.807) is 30.3 Å². The molecule has 0 aliphatic rings. The van der Waals surface area contributed by atoms with Crippen LogP contribution in [0.4, 0.5) is 5.69 Å². The number of rotatable bonds is 9. The van der Waals surface area contributed by atoms with Crippen molar-refractivity contribution in [1.82, 2.24) is 4.98 Å². The Balaban J connectivity index is 1.77. The van der Waals surface area contributed by atoms with Crippen molar-refractivity contribution in [3.05, 3.63) is 47.7 Å². The molecule has 1 amide bonds. The fourth-order valence-electron chi connectivity index (χ4n) is 1.89. The zero-order valence-electron chi connectivity index (χ0n) is 14.2. The van der Waals surface area contributed by atoms with Crippen LogP contribution in [0.1, 0.15) is 13.3 Å². The highest BCUT2D eigenvalue weighted by Crippen LogP contribution is 2.26. The number of halogens is 1. The van der Waals surface area contributed by atoms with Crippen molar-refractivity contribution in [1.29, 1.82) is 0 Å². The van der Waals surface area contributed by atoms with Gasteiger partial charge in [0.2, 0.25) is 0 Å². The molecule has 0 aliphatic heterocycles. The Bertz CT molecular complexity index is 754. The van der Waals surface area contributed by atoms with Crippen LogP contribution in [-0.2, 0) is 14.3 Å². The van der Waals surface area contributed by atoms with Crippen molar-refractivity contribution in [2.45, 2.75) is 13.3 Å². The van der Waals surface area contributed by atoms with Crippen LogP contribution >= 0.6 is 11.6 Å². The largest absolute Gasteiger partial charge is 0.490 e. The minimum Gasteiger partial charge on any atom is -0.490 e. The number of anilines is 1. The third-order valence-electron chi connectivity index (χ3n) is 3.05. The molecule has 0 saturated heterocycles. The second-order valence-electron chi connectivity index (χ2n) is 5.13. The molecule has 7 nitrogen and oxygen atoms in total. The number of nitrogens with zero attached hydrogens (tertiary/aromatic N) is 1. The number of amides is 1. The standard InChI is InChI=1S/C18H19ClN2O5/c1-2-10-24-14-7-3-4-8-15(14)25-12-17(23)26-11-16(22)21-13-6-5-9-20-18(13)19/h3-9H,2,10-12H2,1H3,(H,21,22). The van der Waals surface area contributed by atoms with Gasteiger partial charge in [-0.2, -0.15) is 0 Å². The lowest BCUT2D eigenvalue weighted by molar-refractivity contribution is -0.149. The van der Waals surface area contributed by atoms with E-state index in [9.17, 15) is 9.59 Å². The number of ether oxygens (including phenoxy) is 3. The summed E-state index contributed by atoms with van der Waals surface area (Å²) in [5.41, 5.74) is 0.341. The van der Waals surface area contributed by atoms with E-state index in [4.69, 9.17) is 25.8 Å². The average Bonchev–Trinajstić information content (AvgIpc) is 2.65. The Morgan fingerprint density at radius 1 is 1.08 bits per heavy atom. The summed E-state index contributed by atoms with van der Waals surface area (Å²) in [4.78, 5) is 27.4. The smallest absolute Gasteiger partial charge is 0.344 e. The van der Waals surface area contributed by atoms with Crippen molar-refractivity contribution in [2.75, 3.05) is 25.1 Å². The lowest BCUT2D eigenvalue weighted by Gasteiger charge is -2.12. The summed E-state index contributed by atoms with van der Waals surface area (Å²) in [6.45, 7) is 1.74. The number of carbonyl (C=O) groups excluding carboxylic acids is 2. The zero-order valence-corrected chi connectivity index (χ0v) is 15.0. The number of para-hydroxylation sites is 2. The number of hydrogen-bond donors (Lipinski definition) is 1. The zero-order chi connectivity index (χ0) is 18.8. The van der Waals surface area contributed by atoms with Crippen molar-refractivity contribution in [2.24, 2.45) is 0 Å². The molecule has 2 aromatic rings. The van der Waals surface area contributed by atoms with E-state index < -0.39 is 18.5 Å². The van der Waals surface area contributed by atoms with Gasteiger partial charge >= 0.3 is 5.97 Å². The van der Waals surface area contributed by atoms with Crippen LogP contribution < -0.4 is 14.8 Å². The average molecular weight is 379 g/mol. The van der Waals surface area contributed by atoms with Gasteiger partial charge in [-0.15, -0.1) is 0 Å². The lowest BCUT2D eigenvalue weighted by Crippen LogP contribution is -2.24. The number of hydrogen-bond acceptors (Lipinski definition) is 6. The van der Waals surface area contributed by atoms with E-state index in [2.05, 4.69) is 10.3 Å². The Kier molecular flexibility index (Phi) is 7.70. The van der Waals surface area contributed by atoms with Gasteiger partial charge in [0.05, 0.1) is 12.3 Å². The Morgan fingerprint density at radius 2 is 1.81 bits per heavy atom. The van der Waals surface area contributed by atoms with Gasteiger partial charge in [-0.25, -0.2) is 9.78 Å². The van der Waals surface area contributed by atoms with Gasteiger partial charge in [-0.1, -0.05) is 30.7 Å². The van der Waals surface area contributed by atoms with Crippen LogP contribution in [-0.4, -0.2) is 36.7 Å². The highest BCUT2D eigenvalue weighted by molar-refractivity contribution is 6.32. The minimum absolute atomic E-state index is 0.152. The van der Waals surface area contributed by atoms with E-state index in [1.807, 2.05) is 13.0 Å². The molecule has 2 rings (SSSR count). The number of pyridine rings is 1. The third-order valence-corrected chi connectivity index (χ3v) is 3.35. The maximum atomic E-state index is 11.8. The van der Waals surface area contributed by atoms with Crippen LogP contribution in [0.3, 0.4) is 0 Å². The van der Waals surface area contributed by atoms with Gasteiger partial charge < -0.3 is 19.5 Å². The molecule has 0 saturated carbocycles. The molecule has 138 valence electrons.